The second-order valence-electron chi connectivity index (χ2n) is 12.7. The molecule has 0 saturated heterocycles. The van der Waals surface area contributed by atoms with E-state index >= 15 is 0 Å². The molecule has 0 unspecified atom stereocenters. The van der Waals surface area contributed by atoms with Crippen molar-refractivity contribution in [1.82, 2.24) is 0 Å². The molecule has 0 amide bonds. The van der Waals surface area contributed by atoms with Gasteiger partial charge < -0.3 is 0 Å². The van der Waals surface area contributed by atoms with Gasteiger partial charge in [0, 0.05) is 31.2 Å². The number of nitrogens with zero attached hydrogens (tertiary/aromatic N) is 1. The van der Waals surface area contributed by atoms with E-state index in [1.165, 1.54) is 170 Å². The van der Waals surface area contributed by atoms with Crippen molar-refractivity contribution < 1.29 is 29.7 Å². The first-order chi connectivity index (χ1) is 21.1. The summed E-state index contributed by atoms with van der Waals surface area (Å²) in [6.07, 6.45) is 32.7. The molecule has 1 heterocycles. The van der Waals surface area contributed by atoms with Crippen molar-refractivity contribution in [3.05, 3.63) is 29.1 Å². The van der Waals surface area contributed by atoms with Crippen LogP contribution in [0.3, 0.4) is 0 Å². The van der Waals surface area contributed by atoms with Crippen molar-refractivity contribution in [2.45, 2.75) is 182 Å². The van der Waals surface area contributed by atoms with Crippen molar-refractivity contribution >= 4 is 29.4 Å². The minimum atomic E-state index is -10.7. The third-order valence-corrected chi connectivity index (χ3v) is 10.4. The third kappa shape index (κ3) is 36.5. The van der Waals surface area contributed by atoms with E-state index in [-0.39, 0.29) is 0 Å². The maximum atomic E-state index is 9.87. The zero-order valence-electron chi connectivity index (χ0n) is 29.0. The Morgan fingerprint density at radius 1 is 0.511 bits per heavy atom. The molecule has 1 rings (SSSR count). The van der Waals surface area contributed by atoms with E-state index in [4.69, 9.17) is 0 Å². The van der Waals surface area contributed by atoms with Crippen LogP contribution in [0.2, 0.25) is 0 Å². The van der Waals surface area contributed by atoms with Gasteiger partial charge in [-0.2, -0.15) is 4.57 Å². The van der Waals surface area contributed by atoms with Crippen LogP contribution in [0.5, 0.6) is 0 Å². The van der Waals surface area contributed by atoms with Crippen LogP contribution in [0, 0.1) is 13.8 Å². The van der Waals surface area contributed by atoms with Gasteiger partial charge in [-0.05, 0) is 25.3 Å². The molecule has 0 aliphatic carbocycles. The van der Waals surface area contributed by atoms with Crippen LogP contribution in [0.4, 0.5) is 25.2 Å². The van der Waals surface area contributed by atoms with Gasteiger partial charge >= 0.3 is 33.0 Å². The molecule has 0 fully saturated rings. The Labute approximate surface area is 280 Å². The van der Waals surface area contributed by atoms with E-state index in [0.717, 1.165) is 6.54 Å². The molecule has 0 bridgehead atoms. The summed E-state index contributed by atoms with van der Waals surface area (Å²) in [5.74, 6) is 2.55. The number of pyridine rings is 1. The Bertz CT molecular complexity index is 841. The average molecular weight is 710 g/mol. The van der Waals surface area contributed by atoms with Crippen molar-refractivity contribution in [1.29, 1.82) is 0 Å². The molecule has 1 nitrogen and oxygen atoms in total. The van der Waals surface area contributed by atoms with Gasteiger partial charge in [0.15, 0.2) is 17.9 Å². The molecule has 10 heteroatoms. The fourth-order valence-corrected chi connectivity index (χ4v) is 7.68. The van der Waals surface area contributed by atoms with Gasteiger partial charge in [0.05, 0.1) is 5.75 Å². The number of hydrogen-bond donors (Lipinski definition) is 0. The Hall–Kier alpha value is -0.140. The van der Waals surface area contributed by atoms with Crippen LogP contribution in [0.25, 0.3) is 0 Å². The molecule has 1 aromatic rings. The minimum absolute atomic E-state index is 1.16. The Balaban J connectivity index is 0.00000246. The monoisotopic (exact) mass is 709 g/mol. The molecule has 270 valence electrons. The summed E-state index contributed by atoms with van der Waals surface area (Å²) in [6, 6.07) is 4.82. The van der Waals surface area contributed by atoms with Gasteiger partial charge in [0.1, 0.15) is 0 Å². The molecule has 0 spiro atoms. The van der Waals surface area contributed by atoms with E-state index in [9.17, 15) is 25.2 Å². The summed E-state index contributed by atoms with van der Waals surface area (Å²) in [5.41, 5.74) is 4.43. The Kier molecular flexibility index (Phi) is 24.8. The molecule has 0 atom stereocenters. The molecule has 0 N–H and O–H groups in total. The number of aromatic nitrogens is 1. The van der Waals surface area contributed by atoms with Gasteiger partial charge in [-0.15, -0.1) is 0 Å². The van der Waals surface area contributed by atoms with E-state index < -0.39 is 7.81 Å². The molecule has 0 radical (unpaired) electrons. The Morgan fingerprint density at radius 3 is 1.29 bits per heavy atom. The topological polar surface area (TPSA) is 3.88 Å². The normalized spacial score (nSPS) is 13.3. The van der Waals surface area contributed by atoms with Gasteiger partial charge in [0.25, 0.3) is 0 Å². The van der Waals surface area contributed by atoms with Crippen molar-refractivity contribution in [2.75, 3.05) is 11.5 Å². The molecular weight excluding hydrogens is 643 g/mol. The molecule has 0 aliphatic heterocycles. The van der Waals surface area contributed by atoms with E-state index in [0.29, 0.717) is 0 Å². The first-order valence-corrected chi connectivity index (χ1v) is 22.5. The predicted molar refractivity (Wildman–Crippen MR) is 191 cm³/mol. The van der Waals surface area contributed by atoms with Crippen molar-refractivity contribution in [3.8, 4) is 0 Å². The SMILES string of the molecule is CCCCCCCCCCCCCCc1cc(C)cc(C)[n+]1CCSSCCCCCCCCCCCC.F[P-](F)(F)(F)(F)F. The quantitative estimate of drug-likeness (QED) is 0.0280. The molecule has 0 aliphatic rings. The summed E-state index contributed by atoms with van der Waals surface area (Å²) >= 11 is 0. The van der Waals surface area contributed by atoms with Crippen LogP contribution < -0.4 is 4.57 Å². The molecule has 0 aromatic carbocycles. The third-order valence-electron chi connectivity index (χ3n) is 7.95. The number of rotatable bonds is 28. The number of hydrogen-bond acceptors (Lipinski definition) is 2. The van der Waals surface area contributed by atoms with E-state index in [2.05, 4.69) is 66.0 Å². The Morgan fingerprint density at radius 2 is 0.867 bits per heavy atom. The second kappa shape index (κ2) is 24.9. The van der Waals surface area contributed by atoms with Crippen LogP contribution in [-0.2, 0) is 13.0 Å². The summed E-state index contributed by atoms with van der Waals surface area (Å²) in [5, 5.41) is 0. The fourth-order valence-electron chi connectivity index (χ4n) is 5.59. The summed E-state index contributed by atoms with van der Waals surface area (Å²) in [4.78, 5) is 0. The second-order valence-corrected chi connectivity index (χ2v) is 17.4. The molecule has 1 aromatic heterocycles. The number of halogens is 6. The molecular formula is C35H66F6NPS2. The van der Waals surface area contributed by atoms with E-state index in [1.807, 2.05) is 0 Å². The summed E-state index contributed by atoms with van der Waals surface area (Å²) < 4.78 is 61.8. The van der Waals surface area contributed by atoms with Crippen molar-refractivity contribution in [3.63, 3.8) is 0 Å². The summed E-state index contributed by atoms with van der Waals surface area (Å²) in [6.45, 7) is 10.3. The van der Waals surface area contributed by atoms with E-state index in [1.54, 1.807) is 5.69 Å². The van der Waals surface area contributed by atoms with Crippen LogP contribution >= 0.6 is 29.4 Å². The van der Waals surface area contributed by atoms with Crippen molar-refractivity contribution in [2.24, 2.45) is 0 Å². The first-order valence-electron chi connectivity index (χ1n) is 17.9. The first kappa shape index (κ1) is 44.9. The van der Waals surface area contributed by atoms with Gasteiger partial charge in [-0.3, -0.25) is 0 Å². The maximum absolute atomic E-state index is 10.7. The predicted octanol–water partition coefficient (Wildman–Crippen LogP) is 15.5. The molecule has 0 saturated carbocycles. The zero-order chi connectivity index (χ0) is 33.9. The van der Waals surface area contributed by atoms with Gasteiger partial charge in [0.2, 0.25) is 0 Å². The number of aryl methyl sites for hydroxylation is 3. The average Bonchev–Trinajstić information content (AvgIpc) is 2.93. The van der Waals surface area contributed by atoms with Gasteiger partial charge in [-0.25, -0.2) is 0 Å². The van der Waals surface area contributed by atoms with Crippen LogP contribution in [0.1, 0.15) is 172 Å². The molecule has 45 heavy (non-hydrogen) atoms. The zero-order valence-corrected chi connectivity index (χ0v) is 31.5. The van der Waals surface area contributed by atoms with Gasteiger partial charge in [-0.1, -0.05) is 164 Å². The standard InChI is InChI=1S/C35H66NS2.F6P/c1-5-7-9-11-13-15-17-18-19-21-23-25-27-35-32-33(3)31-34(4)36(35)28-30-38-37-29-26-24-22-20-16-14-12-10-8-6-2;1-7(2,3,4,5)6/h31-32H,5-30H2,1-4H3;/q+1;-1. The fraction of sp³-hybridized carbons (Fsp3) is 0.857. The van der Waals surface area contributed by atoms with Crippen LogP contribution in [0.15, 0.2) is 12.1 Å². The van der Waals surface area contributed by atoms with Crippen LogP contribution in [-0.4, -0.2) is 11.5 Å². The summed E-state index contributed by atoms with van der Waals surface area (Å²) in [7, 11) is -6.46. The number of unbranched alkanes of at least 4 members (excludes halogenated alkanes) is 20.